The summed E-state index contributed by atoms with van der Waals surface area (Å²) in [7, 11) is 0. The molecular weight excluding hydrogens is 301 g/mol. The van der Waals surface area contributed by atoms with Crippen LogP contribution in [0.25, 0.3) is 0 Å². The van der Waals surface area contributed by atoms with Crippen molar-refractivity contribution in [1.82, 2.24) is 0 Å². The minimum atomic E-state index is -0.000424. The molecule has 0 aliphatic carbocycles. The molecule has 1 nitrogen and oxygen atoms in total. The molecule has 0 saturated heterocycles. The largest absolute Gasteiger partial charge is 0.285 e. The molecular formula is C18H19Cl2N. The predicted octanol–water partition coefficient (Wildman–Crippen LogP) is 6.30. The van der Waals surface area contributed by atoms with Gasteiger partial charge in [0, 0.05) is 16.3 Å². The second-order valence-electron chi connectivity index (χ2n) is 5.44. The summed E-state index contributed by atoms with van der Waals surface area (Å²) in [4.78, 5) is 4.58. The van der Waals surface area contributed by atoms with Crippen LogP contribution >= 0.6 is 23.2 Å². The number of aliphatic imine (C=N–C) groups is 1. The van der Waals surface area contributed by atoms with Crippen LogP contribution in [-0.2, 0) is 0 Å². The first-order chi connectivity index (χ1) is 9.97. The lowest BCUT2D eigenvalue weighted by Crippen LogP contribution is -1.93. The lowest BCUT2D eigenvalue weighted by atomic mass is 10.0. The fourth-order valence-electron chi connectivity index (χ4n) is 2.09. The van der Waals surface area contributed by atoms with Crippen molar-refractivity contribution in [2.75, 3.05) is 0 Å². The van der Waals surface area contributed by atoms with E-state index in [1.165, 1.54) is 5.56 Å². The molecule has 0 aliphatic rings. The molecule has 0 aliphatic heterocycles. The molecule has 0 amide bonds. The standard InChI is InChI=1S/C18H19Cl2N/c1-12(2)15-6-4-14(5-7-15)11-21-13(3)17-9-8-16(19)10-18(17)20/h4-13H,1-3H3/b21-11-. The summed E-state index contributed by atoms with van der Waals surface area (Å²) in [5, 5.41) is 1.30. The topological polar surface area (TPSA) is 12.4 Å². The van der Waals surface area contributed by atoms with Crippen LogP contribution in [0.15, 0.2) is 47.5 Å². The van der Waals surface area contributed by atoms with Crippen molar-refractivity contribution in [3.05, 3.63) is 69.2 Å². The van der Waals surface area contributed by atoms with Crippen molar-refractivity contribution in [1.29, 1.82) is 0 Å². The number of halogens is 2. The molecule has 0 N–H and O–H groups in total. The van der Waals surface area contributed by atoms with Gasteiger partial charge < -0.3 is 0 Å². The summed E-state index contributed by atoms with van der Waals surface area (Å²) in [5.74, 6) is 0.544. The molecule has 2 aromatic rings. The Kier molecular flexibility index (Phi) is 5.44. The SMILES string of the molecule is CC(C)c1ccc(/C=N\C(C)c2ccc(Cl)cc2Cl)cc1. The molecule has 0 saturated carbocycles. The Morgan fingerprint density at radius 3 is 2.19 bits per heavy atom. The highest BCUT2D eigenvalue weighted by molar-refractivity contribution is 6.35. The van der Waals surface area contributed by atoms with Crippen molar-refractivity contribution >= 4 is 29.4 Å². The van der Waals surface area contributed by atoms with E-state index in [0.29, 0.717) is 16.0 Å². The van der Waals surface area contributed by atoms with Crippen LogP contribution in [0.4, 0.5) is 0 Å². The van der Waals surface area contributed by atoms with Crippen LogP contribution in [-0.4, -0.2) is 6.21 Å². The molecule has 0 heterocycles. The van der Waals surface area contributed by atoms with Gasteiger partial charge in [-0.15, -0.1) is 0 Å². The highest BCUT2D eigenvalue weighted by Crippen LogP contribution is 2.28. The van der Waals surface area contributed by atoms with E-state index in [0.717, 1.165) is 11.1 Å². The van der Waals surface area contributed by atoms with Crippen molar-refractivity contribution in [2.24, 2.45) is 4.99 Å². The average Bonchev–Trinajstić information content (AvgIpc) is 2.45. The lowest BCUT2D eigenvalue weighted by molar-refractivity contribution is 0.825. The summed E-state index contributed by atoms with van der Waals surface area (Å²) in [5.41, 5.74) is 3.41. The van der Waals surface area contributed by atoms with E-state index in [9.17, 15) is 0 Å². The maximum absolute atomic E-state index is 6.20. The Morgan fingerprint density at radius 2 is 1.62 bits per heavy atom. The molecule has 3 heteroatoms. The van der Waals surface area contributed by atoms with Crippen LogP contribution in [0.3, 0.4) is 0 Å². The van der Waals surface area contributed by atoms with Crippen LogP contribution in [0.1, 0.15) is 49.4 Å². The molecule has 2 rings (SSSR count). The van der Waals surface area contributed by atoms with E-state index in [2.05, 4.69) is 43.1 Å². The summed E-state index contributed by atoms with van der Waals surface area (Å²) < 4.78 is 0. The lowest BCUT2D eigenvalue weighted by Gasteiger charge is -2.09. The normalized spacial score (nSPS) is 13.0. The molecule has 1 unspecified atom stereocenters. The van der Waals surface area contributed by atoms with Gasteiger partial charge in [0.2, 0.25) is 0 Å². The second kappa shape index (κ2) is 7.11. The van der Waals surface area contributed by atoms with Gasteiger partial charge >= 0.3 is 0 Å². The van der Waals surface area contributed by atoms with Crippen LogP contribution in [0.5, 0.6) is 0 Å². The van der Waals surface area contributed by atoms with Gasteiger partial charge in [0.05, 0.1) is 6.04 Å². The third kappa shape index (κ3) is 4.33. The Hall–Kier alpha value is -1.31. The van der Waals surface area contributed by atoms with Gasteiger partial charge in [-0.3, -0.25) is 4.99 Å². The van der Waals surface area contributed by atoms with Crippen LogP contribution < -0.4 is 0 Å². The van der Waals surface area contributed by atoms with E-state index in [1.807, 2.05) is 25.3 Å². The molecule has 0 bridgehead atoms. The van der Waals surface area contributed by atoms with E-state index < -0.39 is 0 Å². The van der Waals surface area contributed by atoms with Gasteiger partial charge in [-0.2, -0.15) is 0 Å². The van der Waals surface area contributed by atoms with Crippen molar-refractivity contribution < 1.29 is 0 Å². The Morgan fingerprint density at radius 1 is 0.952 bits per heavy atom. The van der Waals surface area contributed by atoms with E-state index in [-0.39, 0.29) is 6.04 Å². The van der Waals surface area contributed by atoms with Crippen LogP contribution in [0, 0.1) is 0 Å². The highest BCUT2D eigenvalue weighted by Gasteiger charge is 2.08. The molecule has 21 heavy (non-hydrogen) atoms. The van der Waals surface area contributed by atoms with Crippen molar-refractivity contribution in [3.63, 3.8) is 0 Å². The number of benzene rings is 2. The predicted molar refractivity (Wildman–Crippen MR) is 93.0 cm³/mol. The Balaban J connectivity index is 2.12. The summed E-state index contributed by atoms with van der Waals surface area (Å²) >= 11 is 12.1. The third-order valence-corrected chi connectivity index (χ3v) is 4.03. The van der Waals surface area contributed by atoms with Gasteiger partial charge in [-0.25, -0.2) is 0 Å². The first kappa shape index (κ1) is 16.1. The molecule has 1 atom stereocenters. The van der Waals surface area contributed by atoms with E-state index in [4.69, 9.17) is 23.2 Å². The first-order valence-electron chi connectivity index (χ1n) is 7.05. The highest BCUT2D eigenvalue weighted by atomic mass is 35.5. The van der Waals surface area contributed by atoms with Gasteiger partial charge in [0.15, 0.2) is 0 Å². The first-order valence-corrected chi connectivity index (χ1v) is 7.81. The molecule has 0 aromatic heterocycles. The molecule has 0 radical (unpaired) electrons. The minimum absolute atomic E-state index is 0.000424. The number of hydrogen-bond donors (Lipinski definition) is 0. The zero-order valence-corrected chi connectivity index (χ0v) is 14.0. The van der Waals surface area contributed by atoms with Gasteiger partial charge in [-0.05, 0) is 41.7 Å². The zero-order chi connectivity index (χ0) is 15.4. The van der Waals surface area contributed by atoms with Gasteiger partial charge in [0.25, 0.3) is 0 Å². The monoisotopic (exact) mass is 319 g/mol. The van der Waals surface area contributed by atoms with Crippen molar-refractivity contribution in [3.8, 4) is 0 Å². The smallest absolute Gasteiger partial charge is 0.0735 e. The minimum Gasteiger partial charge on any atom is -0.285 e. The molecule has 2 aromatic carbocycles. The quantitative estimate of drug-likeness (QED) is 0.586. The Bertz CT molecular complexity index is 630. The maximum atomic E-state index is 6.20. The van der Waals surface area contributed by atoms with Gasteiger partial charge in [-0.1, -0.05) is 67.4 Å². The maximum Gasteiger partial charge on any atom is 0.0735 e. The average molecular weight is 320 g/mol. The number of rotatable bonds is 4. The van der Waals surface area contributed by atoms with Gasteiger partial charge in [0.1, 0.15) is 0 Å². The molecule has 110 valence electrons. The summed E-state index contributed by atoms with van der Waals surface area (Å²) in [6.45, 7) is 6.40. The van der Waals surface area contributed by atoms with E-state index in [1.54, 1.807) is 6.07 Å². The van der Waals surface area contributed by atoms with Crippen LogP contribution in [0.2, 0.25) is 10.0 Å². The van der Waals surface area contributed by atoms with Crippen molar-refractivity contribution in [2.45, 2.75) is 32.7 Å². The second-order valence-corrected chi connectivity index (χ2v) is 6.28. The zero-order valence-electron chi connectivity index (χ0n) is 12.5. The molecule has 0 fully saturated rings. The summed E-state index contributed by atoms with van der Waals surface area (Å²) in [6, 6.07) is 14.0. The van der Waals surface area contributed by atoms with E-state index >= 15 is 0 Å². The number of nitrogens with zero attached hydrogens (tertiary/aromatic N) is 1. The third-order valence-electron chi connectivity index (χ3n) is 3.46. The fourth-order valence-corrected chi connectivity index (χ4v) is 2.65. The molecule has 0 spiro atoms. The summed E-state index contributed by atoms with van der Waals surface area (Å²) in [6.07, 6.45) is 1.89. The number of hydrogen-bond acceptors (Lipinski definition) is 1. The fraction of sp³-hybridized carbons (Fsp3) is 0.278. The Labute approximate surface area is 136 Å².